The number of esters is 1. The number of nitrogens with one attached hydrogen (secondary N) is 1. The first-order valence-electron chi connectivity index (χ1n) is 8.20. The zero-order chi connectivity index (χ0) is 17.8. The van der Waals surface area contributed by atoms with E-state index in [0.29, 0.717) is 17.4 Å². The number of aryl methyl sites for hydroxylation is 1. The molecule has 1 aliphatic rings. The molecular weight excluding hydrogens is 332 g/mol. The third-order valence-corrected chi connectivity index (χ3v) is 4.57. The number of rotatable bonds is 4. The van der Waals surface area contributed by atoms with E-state index in [1.54, 1.807) is 0 Å². The standard InChI is InChI=1S/C20H20N2O2S/c1-13-8-6-7-11-16(13)18(15-9-4-3-5-10-15)24-19(23)17-12-21-20(25)22-14(17)2/h3-11,17-18H,12H2,1-2H3,(H,21,25). The van der Waals surface area contributed by atoms with E-state index in [2.05, 4.69) is 10.3 Å². The van der Waals surface area contributed by atoms with Crippen molar-refractivity contribution in [1.29, 1.82) is 0 Å². The Bertz CT molecular complexity index is 817. The highest BCUT2D eigenvalue weighted by Gasteiger charge is 2.30. The molecule has 4 nitrogen and oxygen atoms in total. The van der Waals surface area contributed by atoms with Crippen molar-refractivity contribution in [3.63, 3.8) is 0 Å². The Morgan fingerprint density at radius 2 is 1.84 bits per heavy atom. The highest BCUT2D eigenvalue weighted by Crippen LogP contribution is 2.29. The summed E-state index contributed by atoms with van der Waals surface area (Å²) in [5.74, 6) is -0.727. The van der Waals surface area contributed by atoms with E-state index >= 15 is 0 Å². The normalized spacial score (nSPS) is 18.1. The fourth-order valence-electron chi connectivity index (χ4n) is 2.89. The van der Waals surface area contributed by atoms with Crippen molar-refractivity contribution in [3.05, 3.63) is 71.3 Å². The SMILES string of the molecule is CC1=NC(=S)NCC1C(=O)OC(c1ccccc1)c1ccccc1C. The van der Waals surface area contributed by atoms with E-state index in [0.717, 1.165) is 16.7 Å². The molecule has 0 aromatic heterocycles. The highest BCUT2D eigenvalue weighted by atomic mass is 32.1. The minimum Gasteiger partial charge on any atom is -0.452 e. The molecule has 0 bridgehead atoms. The highest BCUT2D eigenvalue weighted by molar-refractivity contribution is 7.80. The number of nitrogens with zero attached hydrogens (tertiary/aromatic N) is 1. The Hall–Kier alpha value is -2.53. The largest absolute Gasteiger partial charge is 0.452 e. The van der Waals surface area contributed by atoms with E-state index in [-0.39, 0.29) is 5.97 Å². The van der Waals surface area contributed by atoms with Crippen molar-refractivity contribution in [2.75, 3.05) is 6.54 Å². The number of ether oxygens (including phenoxy) is 1. The van der Waals surface area contributed by atoms with E-state index in [4.69, 9.17) is 17.0 Å². The molecule has 0 aliphatic carbocycles. The molecule has 0 amide bonds. The molecule has 1 heterocycles. The fourth-order valence-corrected chi connectivity index (χ4v) is 3.11. The van der Waals surface area contributed by atoms with Crippen LogP contribution >= 0.6 is 12.2 Å². The number of aliphatic imine (C=N–C) groups is 1. The van der Waals surface area contributed by atoms with Gasteiger partial charge in [-0.1, -0.05) is 54.6 Å². The Morgan fingerprint density at radius 3 is 2.52 bits per heavy atom. The van der Waals surface area contributed by atoms with Gasteiger partial charge < -0.3 is 10.1 Å². The summed E-state index contributed by atoms with van der Waals surface area (Å²) in [6.45, 7) is 4.25. The maximum atomic E-state index is 12.8. The summed E-state index contributed by atoms with van der Waals surface area (Å²) in [6.07, 6.45) is -0.448. The van der Waals surface area contributed by atoms with Crippen LogP contribution in [0.4, 0.5) is 0 Å². The first-order valence-corrected chi connectivity index (χ1v) is 8.61. The monoisotopic (exact) mass is 352 g/mol. The van der Waals surface area contributed by atoms with Gasteiger partial charge in [-0.05, 0) is 42.8 Å². The van der Waals surface area contributed by atoms with Gasteiger partial charge in [-0.2, -0.15) is 0 Å². The van der Waals surface area contributed by atoms with E-state index in [1.165, 1.54) is 0 Å². The number of hydrogen-bond acceptors (Lipinski definition) is 3. The lowest BCUT2D eigenvalue weighted by Crippen LogP contribution is -2.41. The molecular formula is C20H20N2O2S. The maximum Gasteiger partial charge on any atom is 0.317 e. The molecule has 0 saturated heterocycles. The molecule has 2 unspecified atom stereocenters. The Balaban J connectivity index is 1.91. The molecule has 0 spiro atoms. The lowest BCUT2D eigenvalue weighted by Gasteiger charge is -2.25. The summed E-state index contributed by atoms with van der Waals surface area (Å²) in [7, 11) is 0. The van der Waals surface area contributed by atoms with Gasteiger partial charge in [-0.25, -0.2) is 4.99 Å². The third kappa shape index (κ3) is 3.94. The predicted octanol–water partition coefficient (Wildman–Crippen LogP) is 3.59. The van der Waals surface area contributed by atoms with Gasteiger partial charge in [0, 0.05) is 12.3 Å². The lowest BCUT2D eigenvalue weighted by atomic mass is 9.96. The first kappa shape index (κ1) is 17.3. The Kier molecular flexibility index (Phi) is 5.24. The van der Waals surface area contributed by atoms with Gasteiger partial charge >= 0.3 is 5.97 Å². The summed E-state index contributed by atoms with van der Waals surface area (Å²) < 4.78 is 5.95. The molecule has 2 aromatic rings. The molecule has 1 N–H and O–H groups in total. The molecule has 0 fully saturated rings. The third-order valence-electron chi connectivity index (χ3n) is 4.33. The number of benzene rings is 2. The number of carbonyl (C=O) groups excluding carboxylic acids is 1. The van der Waals surface area contributed by atoms with Crippen molar-refractivity contribution in [3.8, 4) is 0 Å². The smallest absolute Gasteiger partial charge is 0.317 e. The number of thiocarbonyl (C=S) groups is 1. The fraction of sp³-hybridized carbons (Fsp3) is 0.250. The first-order chi connectivity index (χ1) is 12.1. The average molecular weight is 352 g/mol. The summed E-state index contributed by atoms with van der Waals surface area (Å²) in [5.41, 5.74) is 3.69. The van der Waals surface area contributed by atoms with Crippen LogP contribution in [0.15, 0.2) is 59.6 Å². The van der Waals surface area contributed by atoms with Crippen LogP contribution in [-0.2, 0) is 9.53 Å². The van der Waals surface area contributed by atoms with Crippen LogP contribution in [0.2, 0.25) is 0 Å². The second-order valence-corrected chi connectivity index (χ2v) is 6.46. The van der Waals surface area contributed by atoms with Crippen LogP contribution in [0.25, 0.3) is 0 Å². The van der Waals surface area contributed by atoms with Gasteiger partial charge in [0.25, 0.3) is 0 Å². The zero-order valence-electron chi connectivity index (χ0n) is 14.2. The molecule has 25 heavy (non-hydrogen) atoms. The van der Waals surface area contributed by atoms with Crippen molar-refractivity contribution in [2.45, 2.75) is 20.0 Å². The molecule has 1 aliphatic heterocycles. The zero-order valence-corrected chi connectivity index (χ0v) is 15.0. The van der Waals surface area contributed by atoms with Gasteiger partial charge in [0.1, 0.15) is 5.92 Å². The van der Waals surface area contributed by atoms with Crippen molar-refractivity contribution >= 4 is 29.0 Å². The topological polar surface area (TPSA) is 50.7 Å². The maximum absolute atomic E-state index is 12.8. The average Bonchev–Trinajstić information content (AvgIpc) is 2.61. The quantitative estimate of drug-likeness (QED) is 0.675. The van der Waals surface area contributed by atoms with Crippen LogP contribution < -0.4 is 5.32 Å². The molecule has 3 rings (SSSR count). The minimum absolute atomic E-state index is 0.298. The predicted molar refractivity (Wildman–Crippen MR) is 103 cm³/mol. The van der Waals surface area contributed by atoms with Crippen LogP contribution in [0.1, 0.15) is 29.7 Å². The number of carbonyl (C=O) groups is 1. The van der Waals surface area contributed by atoms with Gasteiger partial charge in [-0.3, -0.25) is 4.79 Å². The van der Waals surface area contributed by atoms with Gasteiger partial charge in [0.15, 0.2) is 11.2 Å². The Labute approximate surface area is 152 Å². The van der Waals surface area contributed by atoms with Crippen molar-refractivity contribution < 1.29 is 9.53 Å². The van der Waals surface area contributed by atoms with Crippen LogP contribution in [0, 0.1) is 12.8 Å². The summed E-state index contributed by atoms with van der Waals surface area (Å²) in [5, 5.41) is 3.37. The summed E-state index contributed by atoms with van der Waals surface area (Å²) >= 11 is 5.03. The summed E-state index contributed by atoms with van der Waals surface area (Å²) in [6, 6.07) is 17.7. The Morgan fingerprint density at radius 1 is 1.16 bits per heavy atom. The molecule has 2 aromatic carbocycles. The van der Waals surface area contributed by atoms with E-state index in [1.807, 2.05) is 68.4 Å². The molecule has 2 atom stereocenters. The van der Waals surface area contributed by atoms with Gasteiger partial charge in [-0.15, -0.1) is 0 Å². The van der Waals surface area contributed by atoms with Crippen LogP contribution in [-0.4, -0.2) is 23.3 Å². The lowest BCUT2D eigenvalue weighted by molar-refractivity contribution is -0.149. The van der Waals surface area contributed by atoms with E-state index in [9.17, 15) is 4.79 Å². The van der Waals surface area contributed by atoms with Gasteiger partial charge in [0.2, 0.25) is 0 Å². The molecule has 0 radical (unpaired) electrons. The second kappa shape index (κ2) is 7.57. The second-order valence-electron chi connectivity index (χ2n) is 6.08. The molecule has 5 heteroatoms. The molecule has 128 valence electrons. The van der Waals surface area contributed by atoms with Crippen LogP contribution in [0.3, 0.4) is 0 Å². The minimum atomic E-state index is -0.448. The molecule has 0 saturated carbocycles. The summed E-state index contributed by atoms with van der Waals surface area (Å²) in [4.78, 5) is 17.0. The van der Waals surface area contributed by atoms with Crippen molar-refractivity contribution in [1.82, 2.24) is 5.32 Å². The van der Waals surface area contributed by atoms with E-state index < -0.39 is 12.0 Å². The van der Waals surface area contributed by atoms with Crippen LogP contribution in [0.5, 0.6) is 0 Å². The number of hydrogen-bond donors (Lipinski definition) is 1. The van der Waals surface area contributed by atoms with Crippen molar-refractivity contribution in [2.24, 2.45) is 10.9 Å². The van der Waals surface area contributed by atoms with Gasteiger partial charge in [0.05, 0.1) is 0 Å².